The van der Waals surface area contributed by atoms with Crippen LogP contribution in [-0.4, -0.2) is 27.0 Å². The zero-order valence-corrected chi connectivity index (χ0v) is 15.6. The molecule has 0 saturated heterocycles. The molecule has 6 nitrogen and oxygen atoms in total. The van der Waals surface area contributed by atoms with Crippen molar-refractivity contribution < 1.29 is 23.1 Å². The SMILES string of the molecule is CC(O)(C(=O)NC1=CC(Cl)(C(F)(F)F)C(C#N)(C#N)C=C1)c1cnc(Cl)s1. The number of aromatic nitrogens is 1. The summed E-state index contributed by atoms with van der Waals surface area (Å²) in [5.74, 6) is -1.08. The number of allylic oxidation sites excluding steroid dienone is 3. The molecule has 1 aliphatic carbocycles. The Bertz CT molecular complexity index is 913. The van der Waals surface area contributed by atoms with Gasteiger partial charge in [-0.15, -0.1) is 22.9 Å². The Morgan fingerprint density at radius 1 is 1.41 bits per heavy atom. The highest BCUT2D eigenvalue weighted by atomic mass is 35.5. The first-order chi connectivity index (χ1) is 12.3. The molecule has 0 saturated carbocycles. The molecule has 27 heavy (non-hydrogen) atoms. The summed E-state index contributed by atoms with van der Waals surface area (Å²) in [5, 5.41) is 30.7. The van der Waals surface area contributed by atoms with E-state index in [1.54, 1.807) is 0 Å². The van der Waals surface area contributed by atoms with Gasteiger partial charge in [-0.05, 0) is 25.2 Å². The topological polar surface area (TPSA) is 110 Å². The molecular formula is C15H9Cl2F3N4O2S. The van der Waals surface area contributed by atoms with Gasteiger partial charge in [-0.1, -0.05) is 11.6 Å². The third-order valence-electron chi connectivity index (χ3n) is 3.86. The van der Waals surface area contributed by atoms with Crippen LogP contribution in [0.25, 0.3) is 0 Å². The van der Waals surface area contributed by atoms with Crippen molar-refractivity contribution in [3.8, 4) is 12.1 Å². The van der Waals surface area contributed by atoms with E-state index in [1.807, 2.05) is 0 Å². The van der Waals surface area contributed by atoms with Gasteiger partial charge in [0, 0.05) is 11.9 Å². The standard InChI is InChI=1S/C15H9Cl2F3N4O2S/c1-12(26,9-5-23-11(16)27-9)10(25)24-8-2-3-13(6-21,7-22)14(17,4-8)15(18,19)20/h2-5,26H,1H3,(H,24,25). The third-order valence-corrected chi connectivity index (χ3v) is 5.81. The molecule has 1 aliphatic rings. The molecule has 1 aromatic heterocycles. The molecule has 1 aromatic rings. The molecule has 2 unspecified atom stereocenters. The van der Waals surface area contributed by atoms with Gasteiger partial charge in [-0.3, -0.25) is 4.79 Å². The Morgan fingerprint density at radius 2 is 2.00 bits per heavy atom. The van der Waals surface area contributed by atoms with Crippen LogP contribution in [-0.2, 0) is 10.4 Å². The van der Waals surface area contributed by atoms with Gasteiger partial charge < -0.3 is 10.4 Å². The van der Waals surface area contributed by atoms with E-state index in [0.717, 1.165) is 30.5 Å². The maximum absolute atomic E-state index is 13.5. The Kier molecular flexibility index (Phi) is 5.34. The van der Waals surface area contributed by atoms with Gasteiger partial charge in [0.1, 0.15) is 0 Å². The van der Waals surface area contributed by atoms with Crippen LogP contribution in [0, 0.1) is 28.1 Å². The molecule has 12 heteroatoms. The highest BCUT2D eigenvalue weighted by Crippen LogP contribution is 2.52. The van der Waals surface area contributed by atoms with Crippen molar-refractivity contribution in [3.63, 3.8) is 0 Å². The molecule has 2 N–H and O–H groups in total. The minimum Gasteiger partial charge on any atom is -0.375 e. The van der Waals surface area contributed by atoms with Crippen LogP contribution in [0.4, 0.5) is 13.2 Å². The molecule has 0 aliphatic heterocycles. The smallest absolute Gasteiger partial charge is 0.375 e. The molecule has 0 bridgehead atoms. The summed E-state index contributed by atoms with van der Waals surface area (Å²) < 4.78 is 40.6. The fourth-order valence-electron chi connectivity index (χ4n) is 2.20. The molecule has 1 amide bonds. The second kappa shape index (κ2) is 6.80. The van der Waals surface area contributed by atoms with Crippen molar-refractivity contribution in [2.24, 2.45) is 5.41 Å². The number of nitrogens with one attached hydrogen (secondary N) is 1. The Balaban J connectivity index is 2.41. The van der Waals surface area contributed by atoms with Crippen LogP contribution in [0.2, 0.25) is 4.47 Å². The Labute approximate surface area is 165 Å². The minimum absolute atomic E-state index is 0.0551. The summed E-state index contributed by atoms with van der Waals surface area (Å²) in [6.07, 6.45) is -2.09. The highest BCUT2D eigenvalue weighted by molar-refractivity contribution is 7.15. The fraction of sp³-hybridized carbons (Fsp3) is 0.333. The van der Waals surface area contributed by atoms with Crippen LogP contribution in [0.1, 0.15) is 11.8 Å². The molecule has 0 radical (unpaired) electrons. The lowest BCUT2D eigenvalue weighted by atomic mass is 9.73. The summed E-state index contributed by atoms with van der Waals surface area (Å²) in [7, 11) is 0. The normalized spacial score (nSPS) is 23.5. The number of nitriles is 2. The summed E-state index contributed by atoms with van der Waals surface area (Å²) >= 11 is 12.1. The first-order valence-electron chi connectivity index (χ1n) is 6.99. The van der Waals surface area contributed by atoms with Crippen LogP contribution in [0.3, 0.4) is 0 Å². The van der Waals surface area contributed by atoms with Crippen molar-refractivity contribution in [2.45, 2.75) is 23.6 Å². The average molecular weight is 437 g/mol. The van der Waals surface area contributed by atoms with E-state index in [9.17, 15) is 23.1 Å². The van der Waals surface area contributed by atoms with Gasteiger partial charge in [-0.2, -0.15) is 23.7 Å². The molecule has 0 spiro atoms. The van der Waals surface area contributed by atoms with E-state index in [-0.39, 0.29) is 9.34 Å². The number of carbonyl (C=O) groups excluding carboxylic acids is 1. The zero-order valence-electron chi connectivity index (χ0n) is 13.3. The molecule has 1 heterocycles. The molecule has 0 aromatic carbocycles. The van der Waals surface area contributed by atoms with Crippen LogP contribution < -0.4 is 5.32 Å². The van der Waals surface area contributed by atoms with Crippen molar-refractivity contribution in [1.29, 1.82) is 10.5 Å². The Morgan fingerprint density at radius 3 is 2.44 bits per heavy atom. The summed E-state index contributed by atoms with van der Waals surface area (Å²) in [6.45, 7) is 1.10. The van der Waals surface area contributed by atoms with E-state index >= 15 is 0 Å². The minimum atomic E-state index is -5.19. The van der Waals surface area contributed by atoms with E-state index in [0.29, 0.717) is 12.2 Å². The maximum Gasteiger partial charge on any atom is 0.414 e. The quantitative estimate of drug-likeness (QED) is 0.707. The lowest BCUT2D eigenvalue weighted by Gasteiger charge is -2.37. The zero-order chi connectivity index (χ0) is 20.7. The number of nitrogens with zero attached hydrogens (tertiary/aromatic N) is 3. The number of hydrogen-bond acceptors (Lipinski definition) is 6. The number of halogens is 5. The average Bonchev–Trinajstić information content (AvgIpc) is 3.02. The summed E-state index contributed by atoms with van der Waals surface area (Å²) in [5.41, 5.74) is -5.31. The largest absolute Gasteiger partial charge is 0.414 e. The van der Waals surface area contributed by atoms with Gasteiger partial charge in [0.15, 0.2) is 20.4 Å². The predicted octanol–water partition coefficient (Wildman–Crippen LogP) is 3.15. The molecule has 2 rings (SSSR count). The van der Waals surface area contributed by atoms with Crippen molar-refractivity contribution in [3.05, 3.63) is 39.5 Å². The predicted molar refractivity (Wildman–Crippen MR) is 90.4 cm³/mol. The van der Waals surface area contributed by atoms with Crippen LogP contribution in [0.5, 0.6) is 0 Å². The number of hydrogen-bond donors (Lipinski definition) is 2. The molecular weight excluding hydrogens is 428 g/mol. The van der Waals surface area contributed by atoms with Gasteiger partial charge in [0.05, 0.1) is 17.0 Å². The Hall–Kier alpha value is -2.11. The molecule has 2 atom stereocenters. The number of rotatable bonds is 3. The third kappa shape index (κ3) is 3.42. The van der Waals surface area contributed by atoms with E-state index < -0.39 is 33.7 Å². The number of thiazole rings is 1. The number of alkyl halides is 4. The monoisotopic (exact) mass is 436 g/mol. The van der Waals surface area contributed by atoms with Gasteiger partial charge in [0.25, 0.3) is 5.91 Å². The van der Waals surface area contributed by atoms with Crippen molar-refractivity contribution in [1.82, 2.24) is 10.3 Å². The second-order valence-electron chi connectivity index (χ2n) is 5.68. The lowest BCUT2D eigenvalue weighted by molar-refractivity contribution is -0.161. The maximum atomic E-state index is 13.5. The number of amides is 1. The summed E-state index contributed by atoms with van der Waals surface area (Å²) in [4.78, 5) is 12.7. The van der Waals surface area contributed by atoms with Gasteiger partial charge in [0.2, 0.25) is 0 Å². The van der Waals surface area contributed by atoms with Crippen LogP contribution >= 0.6 is 34.5 Å². The van der Waals surface area contributed by atoms with Crippen LogP contribution in [0.15, 0.2) is 30.1 Å². The van der Waals surface area contributed by atoms with Crippen molar-refractivity contribution >= 4 is 40.4 Å². The number of carbonyl (C=O) groups is 1. The first-order valence-corrected chi connectivity index (χ1v) is 8.56. The highest BCUT2D eigenvalue weighted by Gasteiger charge is 2.66. The van der Waals surface area contributed by atoms with Gasteiger partial charge >= 0.3 is 6.18 Å². The molecule has 0 fully saturated rings. The number of aliphatic hydroxyl groups is 1. The van der Waals surface area contributed by atoms with E-state index in [2.05, 4.69) is 10.3 Å². The van der Waals surface area contributed by atoms with E-state index in [4.69, 9.17) is 33.7 Å². The van der Waals surface area contributed by atoms with Crippen molar-refractivity contribution in [2.75, 3.05) is 0 Å². The molecule has 142 valence electrons. The lowest BCUT2D eigenvalue weighted by Crippen LogP contribution is -2.53. The second-order valence-corrected chi connectivity index (χ2v) is 7.89. The fourth-order valence-corrected chi connectivity index (χ4v) is 3.45. The summed E-state index contributed by atoms with van der Waals surface area (Å²) in [6, 6.07) is 2.54. The first kappa shape index (κ1) is 21.2. The van der Waals surface area contributed by atoms with Gasteiger partial charge in [-0.25, -0.2) is 4.98 Å². The van der Waals surface area contributed by atoms with E-state index in [1.165, 1.54) is 12.1 Å².